The van der Waals surface area contributed by atoms with Gasteiger partial charge in [0.25, 0.3) is 0 Å². The molecule has 4 atom stereocenters. The van der Waals surface area contributed by atoms with Crippen LogP contribution in [-0.4, -0.2) is 30.4 Å². The molecule has 1 saturated carbocycles. The Balaban J connectivity index is 1.58. The van der Waals surface area contributed by atoms with Gasteiger partial charge in [-0.15, -0.1) is 11.6 Å². The average molecular weight is 399 g/mol. The molecule has 4 heteroatoms. The van der Waals surface area contributed by atoms with Gasteiger partial charge < -0.3 is 10.1 Å². The largest absolute Gasteiger partial charge is 0.496 e. The van der Waals surface area contributed by atoms with E-state index in [2.05, 4.69) is 55.6 Å². The summed E-state index contributed by atoms with van der Waals surface area (Å²) in [7, 11) is 1.74. The molecule has 2 unspecified atom stereocenters. The van der Waals surface area contributed by atoms with E-state index in [-0.39, 0.29) is 10.8 Å². The minimum atomic E-state index is -0.162. The zero-order chi connectivity index (χ0) is 19.7. The molecule has 3 nitrogen and oxygen atoms in total. The first-order chi connectivity index (χ1) is 13.5. The van der Waals surface area contributed by atoms with Gasteiger partial charge in [-0.1, -0.05) is 55.7 Å². The van der Waals surface area contributed by atoms with Crippen LogP contribution < -0.4 is 10.1 Å². The lowest BCUT2D eigenvalue weighted by Gasteiger charge is -2.38. The van der Waals surface area contributed by atoms with Crippen LogP contribution in [0.15, 0.2) is 47.0 Å². The zero-order valence-electron chi connectivity index (χ0n) is 17.2. The summed E-state index contributed by atoms with van der Waals surface area (Å²) in [5, 5.41) is 3.69. The van der Waals surface area contributed by atoms with E-state index in [1.165, 1.54) is 42.4 Å². The van der Waals surface area contributed by atoms with Gasteiger partial charge in [0.05, 0.1) is 18.5 Å². The van der Waals surface area contributed by atoms with E-state index < -0.39 is 0 Å². The Morgan fingerprint density at radius 3 is 2.89 bits per heavy atom. The molecule has 4 rings (SSSR count). The number of ether oxygens (including phenoxy) is 1. The van der Waals surface area contributed by atoms with Crippen LogP contribution in [0.3, 0.4) is 0 Å². The maximum absolute atomic E-state index is 6.88. The Labute approximate surface area is 173 Å². The van der Waals surface area contributed by atoms with E-state index in [0.29, 0.717) is 12.1 Å². The molecule has 0 saturated heterocycles. The third kappa shape index (κ3) is 3.61. The standard InChI is InChI=1S/C24H31ClN2O/c1-16-11-12-21(28-3)17(15-16)13-14-24(2)18(7-6-10-22(24)25)23-26-19-8-4-5-9-20(19)27-23/h6-7,10-12,15,19-20,22H,4-5,8-9,13-14H2,1-3H3,(H,26,27)/t19-,20-,22?,24?/m0/s1. The molecule has 1 aromatic rings. The molecule has 1 N–H and O–H groups in total. The van der Waals surface area contributed by atoms with Gasteiger partial charge in [-0.25, -0.2) is 0 Å². The van der Waals surface area contributed by atoms with E-state index in [1.807, 2.05) is 0 Å². The van der Waals surface area contributed by atoms with Gasteiger partial charge in [0, 0.05) is 17.0 Å². The summed E-state index contributed by atoms with van der Waals surface area (Å²) < 4.78 is 5.59. The molecule has 3 aliphatic rings. The van der Waals surface area contributed by atoms with Gasteiger partial charge in [0.1, 0.15) is 11.6 Å². The molecule has 0 aromatic heterocycles. The molecule has 0 radical (unpaired) electrons. The molecular weight excluding hydrogens is 368 g/mol. The Bertz CT molecular complexity index is 828. The zero-order valence-corrected chi connectivity index (χ0v) is 17.9. The van der Waals surface area contributed by atoms with Crippen LogP contribution in [0.2, 0.25) is 0 Å². The summed E-state index contributed by atoms with van der Waals surface area (Å²) in [6, 6.07) is 7.33. The van der Waals surface area contributed by atoms with Crippen LogP contribution in [0.4, 0.5) is 0 Å². The lowest BCUT2D eigenvalue weighted by atomic mass is 9.71. The quantitative estimate of drug-likeness (QED) is 0.677. The minimum Gasteiger partial charge on any atom is -0.496 e. The summed E-state index contributed by atoms with van der Waals surface area (Å²) in [4.78, 5) is 5.09. The Hall–Kier alpha value is -1.74. The third-order valence-electron chi connectivity index (χ3n) is 6.72. The molecule has 0 spiro atoms. The second kappa shape index (κ2) is 7.94. The van der Waals surface area contributed by atoms with Crippen LogP contribution in [0.1, 0.15) is 50.2 Å². The fourth-order valence-electron chi connectivity index (χ4n) is 4.88. The number of aryl methyl sites for hydroxylation is 2. The van der Waals surface area contributed by atoms with Crippen molar-refractivity contribution in [1.29, 1.82) is 0 Å². The first kappa shape index (κ1) is 19.6. The van der Waals surface area contributed by atoms with Crippen molar-refractivity contribution in [3.05, 3.63) is 53.1 Å². The number of nitrogens with one attached hydrogen (secondary N) is 1. The number of halogens is 1. The second-order valence-corrected chi connectivity index (χ2v) is 9.15. The van der Waals surface area contributed by atoms with Crippen molar-refractivity contribution >= 4 is 17.4 Å². The first-order valence-corrected chi connectivity index (χ1v) is 11.0. The number of benzene rings is 1. The Kier molecular flexibility index (Phi) is 5.55. The van der Waals surface area contributed by atoms with Crippen molar-refractivity contribution in [2.24, 2.45) is 10.4 Å². The molecule has 28 heavy (non-hydrogen) atoms. The second-order valence-electron chi connectivity index (χ2n) is 8.68. The molecular formula is C24H31ClN2O. The summed E-state index contributed by atoms with van der Waals surface area (Å²) in [5.41, 5.74) is 3.60. The van der Waals surface area contributed by atoms with Crippen molar-refractivity contribution in [3.8, 4) is 5.75 Å². The summed E-state index contributed by atoms with van der Waals surface area (Å²) in [6.07, 6.45) is 13.3. The maximum atomic E-state index is 6.88. The summed E-state index contributed by atoms with van der Waals surface area (Å²) in [5.74, 6) is 2.03. The number of hydrogen-bond acceptors (Lipinski definition) is 3. The molecule has 1 aliphatic heterocycles. The van der Waals surface area contributed by atoms with Crippen LogP contribution in [0.25, 0.3) is 0 Å². The molecule has 150 valence electrons. The van der Waals surface area contributed by atoms with Gasteiger partial charge in [-0.3, -0.25) is 4.99 Å². The summed E-state index contributed by atoms with van der Waals surface area (Å²) >= 11 is 6.88. The van der Waals surface area contributed by atoms with Gasteiger partial charge in [-0.2, -0.15) is 0 Å². The van der Waals surface area contributed by atoms with E-state index in [9.17, 15) is 0 Å². The van der Waals surface area contributed by atoms with Crippen molar-refractivity contribution in [2.45, 2.75) is 69.8 Å². The number of amidine groups is 1. The maximum Gasteiger partial charge on any atom is 0.125 e. The van der Waals surface area contributed by atoms with Gasteiger partial charge in [-0.05, 0) is 44.2 Å². The predicted octanol–water partition coefficient (Wildman–Crippen LogP) is 5.36. The first-order valence-electron chi connectivity index (χ1n) is 10.5. The lowest BCUT2D eigenvalue weighted by molar-refractivity contribution is 0.371. The third-order valence-corrected chi connectivity index (χ3v) is 7.35. The number of hydrogen-bond donors (Lipinski definition) is 1. The summed E-state index contributed by atoms with van der Waals surface area (Å²) in [6.45, 7) is 4.41. The molecule has 1 aromatic carbocycles. The van der Waals surface area contributed by atoms with E-state index in [1.54, 1.807) is 7.11 Å². The monoisotopic (exact) mass is 398 g/mol. The highest BCUT2D eigenvalue weighted by Gasteiger charge is 2.42. The number of allylic oxidation sites excluding steroid dienone is 3. The fourth-order valence-corrected chi connectivity index (χ4v) is 5.19. The molecule has 0 bridgehead atoms. The van der Waals surface area contributed by atoms with Gasteiger partial charge in [0.2, 0.25) is 0 Å². The topological polar surface area (TPSA) is 33.6 Å². The highest BCUT2D eigenvalue weighted by Crippen LogP contribution is 2.44. The molecule has 1 fully saturated rings. The van der Waals surface area contributed by atoms with Crippen LogP contribution >= 0.6 is 11.6 Å². The average Bonchev–Trinajstić information content (AvgIpc) is 3.12. The van der Waals surface area contributed by atoms with E-state index >= 15 is 0 Å². The van der Waals surface area contributed by atoms with Crippen molar-refractivity contribution in [2.75, 3.05) is 7.11 Å². The number of nitrogens with zero attached hydrogens (tertiary/aromatic N) is 1. The molecule has 1 heterocycles. The van der Waals surface area contributed by atoms with Crippen LogP contribution in [-0.2, 0) is 6.42 Å². The van der Waals surface area contributed by atoms with E-state index in [4.69, 9.17) is 21.3 Å². The Morgan fingerprint density at radius 2 is 2.11 bits per heavy atom. The van der Waals surface area contributed by atoms with E-state index in [0.717, 1.165) is 24.4 Å². The molecule has 2 aliphatic carbocycles. The number of aliphatic imine (C=N–C) groups is 1. The smallest absolute Gasteiger partial charge is 0.125 e. The number of fused-ring (bicyclic) bond motifs is 1. The van der Waals surface area contributed by atoms with Crippen LogP contribution in [0, 0.1) is 12.3 Å². The highest BCUT2D eigenvalue weighted by molar-refractivity contribution is 6.23. The lowest BCUT2D eigenvalue weighted by Crippen LogP contribution is -2.42. The van der Waals surface area contributed by atoms with Crippen molar-refractivity contribution < 1.29 is 4.74 Å². The number of alkyl halides is 1. The SMILES string of the molecule is COc1ccc(C)cc1CCC1(C)C(C2=N[C@H]3CCCC[C@@H]3N2)=CC=CC1Cl. The van der Waals surface area contributed by atoms with Crippen molar-refractivity contribution in [3.63, 3.8) is 0 Å². The minimum absolute atomic E-state index is 0.0459. The van der Waals surface area contributed by atoms with Crippen molar-refractivity contribution in [1.82, 2.24) is 5.32 Å². The molecule has 0 amide bonds. The number of rotatable bonds is 5. The number of methoxy groups -OCH3 is 1. The Morgan fingerprint density at radius 1 is 1.29 bits per heavy atom. The fraction of sp³-hybridized carbons (Fsp3) is 0.542. The van der Waals surface area contributed by atoms with Crippen LogP contribution in [0.5, 0.6) is 5.75 Å². The normalized spacial score (nSPS) is 31.6. The van der Waals surface area contributed by atoms with Gasteiger partial charge in [0.15, 0.2) is 0 Å². The van der Waals surface area contributed by atoms with Gasteiger partial charge >= 0.3 is 0 Å². The highest BCUT2D eigenvalue weighted by atomic mass is 35.5. The predicted molar refractivity (Wildman–Crippen MR) is 118 cm³/mol.